The van der Waals surface area contributed by atoms with E-state index in [0.29, 0.717) is 6.42 Å². The molecule has 0 spiro atoms. The van der Waals surface area contributed by atoms with Crippen LogP contribution in [0.4, 0.5) is 5.69 Å². The molecule has 2 heterocycles. The molecule has 2 aliphatic heterocycles. The molecule has 158 valence electrons. The van der Waals surface area contributed by atoms with Crippen molar-refractivity contribution in [2.24, 2.45) is 4.99 Å². The van der Waals surface area contributed by atoms with Crippen LogP contribution in [0.25, 0.3) is 0 Å². The first-order valence-corrected chi connectivity index (χ1v) is 10.8. The molecule has 0 unspecified atom stereocenters. The van der Waals surface area contributed by atoms with Gasteiger partial charge in [-0.15, -0.1) is 0 Å². The summed E-state index contributed by atoms with van der Waals surface area (Å²) >= 11 is 0. The molecule has 0 fully saturated rings. The van der Waals surface area contributed by atoms with E-state index in [2.05, 4.69) is 39.9 Å². The van der Waals surface area contributed by atoms with Crippen molar-refractivity contribution >= 4 is 17.6 Å². The van der Waals surface area contributed by atoms with Crippen molar-refractivity contribution < 1.29 is 9.53 Å². The molecule has 2 aromatic rings. The van der Waals surface area contributed by atoms with Gasteiger partial charge in [-0.05, 0) is 48.1 Å². The fourth-order valence-corrected chi connectivity index (χ4v) is 4.12. The predicted octanol–water partition coefficient (Wildman–Crippen LogP) is 2.70. The molecule has 0 bridgehead atoms. The minimum atomic E-state index is 0.199. The SMILES string of the molecule is CN=C(NCCCC(=O)N1CCc2ccccc21)NCCc1ccc2c(c1)CCO2. The van der Waals surface area contributed by atoms with E-state index >= 15 is 0 Å². The first kappa shape index (κ1) is 20.3. The zero-order valence-corrected chi connectivity index (χ0v) is 17.6. The van der Waals surface area contributed by atoms with Crippen LogP contribution in [0, 0.1) is 0 Å². The molecular weight excluding hydrogens is 376 g/mol. The molecule has 0 aliphatic carbocycles. The Bertz CT molecular complexity index is 925. The summed E-state index contributed by atoms with van der Waals surface area (Å²) in [5.74, 6) is 2.00. The number of carbonyl (C=O) groups excluding carboxylic acids is 1. The van der Waals surface area contributed by atoms with Crippen molar-refractivity contribution in [3.8, 4) is 5.75 Å². The van der Waals surface area contributed by atoms with Gasteiger partial charge in [0.05, 0.1) is 6.61 Å². The van der Waals surface area contributed by atoms with Crippen LogP contribution < -0.4 is 20.3 Å². The summed E-state index contributed by atoms with van der Waals surface area (Å²) in [5.41, 5.74) is 4.95. The minimum Gasteiger partial charge on any atom is -0.493 e. The van der Waals surface area contributed by atoms with E-state index in [1.807, 2.05) is 23.1 Å². The Morgan fingerprint density at radius 3 is 2.87 bits per heavy atom. The first-order chi connectivity index (χ1) is 14.7. The lowest BCUT2D eigenvalue weighted by Crippen LogP contribution is -2.39. The fraction of sp³-hybridized carbons (Fsp3) is 0.417. The topological polar surface area (TPSA) is 66.0 Å². The molecule has 1 amide bonds. The third kappa shape index (κ3) is 4.75. The number of fused-ring (bicyclic) bond motifs is 2. The van der Waals surface area contributed by atoms with Crippen molar-refractivity contribution in [2.45, 2.75) is 32.1 Å². The molecule has 0 atom stereocenters. The van der Waals surface area contributed by atoms with Crippen molar-refractivity contribution in [1.82, 2.24) is 10.6 Å². The second kappa shape index (κ2) is 9.65. The van der Waals surface area contributed by atoms with Crippen LogP contribution in [0.5, 0.6) is 5.75 Å². The van der Waals surface area contributed by atoms with Gasteiger partial charge >= 0.3 is 0 Å². The second-order valence-electron chi connectivity index (χ2n) is 7.74. The highest BCUT2D eigenvalue weighted by Crippen LogP contribution is 2.28. The molecule has 2 aliphatic rings. The van der Waals surface area contributed by atoms with Crippen LogP contribution >= 0.6 is 0 Å². The van der Waals surface area contributed by atoms with Crippen molar-refractivity contribution in [1.29, 1.82) is 0 Å². The Kier molecular flexibility index (Phi) is 6.52. The quantitative estimate of drug-likeness (QED) is 0.422. The number of rotatable bonds is 7. The number of anilines is 1. The summed E-state index contributed by atoms with van der Waals surface area (Å²) in [4.78, 5) is 18.8. The van der Waals surface area contributed by atoms with Crippen LogP contribution in [-0.4, -0.2) is 45.2 Å². The number of ether oxygens (including phenoxy) is 1. The summed E-state index contributed by atoms with van der Waals surface area (Å²) in [6, 6.07) is 14.6. The Labute approximate surface area is 178 Å². The maximum absolute atomic E-state index is 12.6. The first-order valence-electron chi connectivity index (χ1n) is 10.8. The van der Waals surface area contributed by atoms with Crippen molar-refractivity contribution in [3.63, 3.8) is 0 Å². The number of amides is 1. The number of hydrogen-bond acceptors (Lipinski definition) is 3. The molecule has 6 heteroatoms. The van der Waals surface area contributed by atoms with Gasteiger partial charge < -0.3 is 20.3 Å². The maximum atomic E-state index is 12.6. The number of aliphatic imine (C=N–C) groups is 1. The average Bonchev–Trinajstić information content (AvgIpc) is 3.41. The standard InChI is InChI=1S/C24H30N4O2/c1-25-24(27-14-10-18-8-9-22-20(17-18)12-16-30-22)26-13-4-7-23(29)28-15-11-19-5-2-3-6-21(19)28/h2-3,5-6,8-9,17H,4,7,10-16H2,1H3,(H2,25,26,27). The predicted molar refractivity (Wildman–Crippen MR) is 120 cm³/mol. The van der Waals surface area contributed by atoms with E-state index < -0.39 is 0 Å². The number of guanidine groups is 1. The van der Waals surface area contributed by atoms with Crippen LogP contribution in [-0.2, 0) is 24.1 Å². The summed E-state index contributed by atoms with van der Waals surface area (Å²) in [5, 5.41) is 6.66. The number of para-hydroxylation sites is 1. The van der Waals surface area contributed by atoms with Gasteiger partial charge in [-0.25, -0.2) is 0 Å². The third-order valence-electron chi connectivity index (χ3n) is 5.73. The summed E-state index contributed by atoms with van der Waals surface area (Å²) in [7, 11) is 1.77. The fourth-order valence-electron chi connectivity index (χ4n) is 4.12. The summed E-state index contributed by atoms with van der Waals surface area (Å²) < 4.78 is 5.56. The number of carbonyl (C=O) groups is 1. The van der Waals surface area contributed by atoms with Crippen LogP contribution in [0.15, 0.2) is 47.5 Å². The number of hydrogen-bond donors (Lipinski definition) is 2. The molecule has 4 rings (SSSR count). The highest BCUT2D eigenvalue weighted by molar-refractivity contribution is 5.95. The van der Waals surface area contributed by atoms with Crippen LogP contribution in [0.2, 0.25) is 0 Å². The third-order valence-corrected chi connectivity index (χ3v) is 5.73. The van der Waals surface area contributed by atoms with Crippen LogP contribution in [0.3, 0.4) is 0 Å². The molecule has 2 N–H and O–H groups in total. The number of nitrogens with one attached hydrogen (secondary N) is 2. The summed E-state index contributed by atoms with van der Waals surface area (Å²) in [6.07, 6.45) is 4.20. The van der Waals surface area contributed by atoms with Gasteiger partial charge in [-0.2, -0.15) is 0 Å². The van der Waals surface area contributed by atoms with Crippen molar-refractivity contribution in [3.05, 3.63) is 59.2 Å². The normalized spacial score (nSPS) is 14.8. The zero-order chi connectivity index (χ0) is 20.8. The lowest BCUT2D eigenvalue weighted by atomic mass is 10.1. The number of nitrogens with zero attached hydrogens (tertiary/aromatic N) is 2. The van der Waals surface area contributed by atoms with Gasteiger partial charge in [0.2, 0.25) is 5.91 Å². The van der Waals surface area contributed by atoms with E-state index in [9.17, 15) is 4.79 Å². The average molecular weight is 407 g/mol. The molecular formula is C24H30N4O2. The molecule has 0 aromatic heterocycles. The molecule has 0 saturated carbocycles. The molecule has 2 aromatic carbocycles. The monoisotopic (exact) mass is 406 g/mol. The second-order valence-corrected chi connectivity index (χ2v) is 7.74. The molecule has 6 nitrogen and oxygen atoms in total. The zero-order valence-electron chi connectivity index (χ0n) is 17.6. The highest BCUT2D eigenvalue weighted by Gasteiger charge is 2.23. The van der Waals surface area contributed by atoms with Gasteiger partial charge in [-0.1, -0.05) is 30.3 Å². The van der Waals surface area contributed by atoms with E-state index in [1.165, 1.54) is 16.7 Å². The van der Waals surface area contributed by atoms with Gasteiger partial charge in [0, 0.05) is 45.2 Å². The van der Waals surface area contributed by atoms with Crippen LogP contribution in [0.1, 0.15) is 29.5 Å². The maximum Gasteiger partial charge on any atom is 0.227 e. The van der Waals surface area contributed by atoms with Gasteiger partial charge in [-0.3, -0.25) is 9.79 Å². The molecule has 30 heavy (non-hydrogen) atoms. The van der Waals surface area contributed by atoms with Gasteiger partial charge in [0.1, 0.15) is 5.75 Å². The largest absolute Gasteiger partial charge is 0.493 e. The Morgan fingerprint density at radius 1 is 1.10 bits per heavy atom. The lowest BCUT2D eigenvalue weighted by Gasteiger charge is -2.17. The Hall–Kier alpha value is -3.02. The lowest BCUT2D eigenvalue weighted by molar-refractivity contribution is -0.118. The van der Waals surface area contributed by atoms with E-state index in [-0.39, 0.29) is 5.91 Å². The van der Waals surface area contributed by atoms with E-state index in [1.54, 1.807) is 7.05 Å². The van der Waals surface area contributed by atoms with E-state index in [4.69, 9.17) is 4.74 Å². The molecule has 0 radical (unpaired) electrons. The Morgan fingerprint density at radius 2 is 1.97 bits per heavy atom. The summed E-state index contributed by atoms with van der Waals surface area (Å²) in [6.45, 7) is 3.11. The highest BCUT2D eigenvalue weighted by atomic mass is 16.5. The van der Waals surface area contributed by atoms with E-state index in [0.717, 1.165) is 69.3 Å². The van der Waals surface area contributed by atoms with Gasteiger partial charge in [0.15, 0.2) is 5.96 Å². The minimum absolute atomic E-state index is 0.199. The van der Waals surface area contributed by atoms with Crippen molar-refractivity contribution in [2.75, 3.05) is 38.2 Å². The smallest absolute Gasteiger partial charge is 0.227 e. The number of benzene rings is 2. The Balaban J connectivity index is 1.15. The van der Waals surface area contributed by atoms with Gasteiger partial charge in [0.25, 0.3) is 0 Å². The molecule has 0 saturated heterocycles.